The molecular weight excluding hydrogens is 220 g/mol. The molecule has 92 valence electrons. The molecule has 0 saturated carbocycles. The minimum absolute atomic E-state index is 0.529. The molecule has 0 unspecified atom stereocenters. The van der Waals surface area contributed by atoms with Gasteiger partial charge in [0, 0.05) is 13.7 Å². The van der Waals surface area contributed by atoms with Crippen molar-refractivity contribution in [3.05, 3.63) is 24.3 Å². The van der Waals surface area contributed by atoms with Gasteiger partial charge in [0.15, 0.2) is 5.58 Å². The highest BCUT2D eigenvalue weighted by molar-refractivity contribution is 5.74. The number of methoxy groups -OCH3 is 1. The highest BCUT2D eigenvalue weighted by atomic mass is 16.5. The van der Waals surface area contributed by atoms with Crippen molar-refractivity contribution in [1.29, 1.82) is 0 Å². The molecule has 1 N–H and O–H groups in total. The fourth-order valence-corrected chi connectivity index (χ4v) is 1.42. The van der Waals surface area contributed by atoms with Crippen LogP contribution in [-0.4, -0.2) is 38.5 Å². The number of nitrogens with zero attached hydrogens (tertiary/aromatic N) is 1. The van der Waals surface area contributed by atoms with E-state index in [2.05, 4.69) is 10.3 Å². The monoisotopic (exact) mass is 236 g/mol. The zero-order chi connectivity index (χ0) is 11.9. The van der Waals surface area contributed by atoms with Crippen LogP contribution in [0.4, 0.5) is 6.01 Å². The normalized spacial score (nSPS) is 10.9. The Labute approximate surface area is 99.7 Å². The van der Waals surface area contributed by atoms with E-state index in [9.17, 15) is 0 Å². The summed E-state index contributed by atoms with van der Waals surface area (Å²) in [7, 11) is 1.65. The van der Waals surface area contributed by atoms with Crippen molar-refractivity contribution in [2.45, 2.75) is 0 Å². The van der Waals surface area contributed by atoms with Gasteiger partial charge in [-0.25, -0.2) is 0 Å². The molecule has 0 spiro atoms. The van der Waals surface area contributed by atoms with E-state index in [1.807, 2.05) is 24.3 Å². The molecule has 0 aliphatic rings. The van der Waals surface area contributed by atoms with E-state index in [4.69, 9.17) is 13.9 Å². The maximum Gasteiger partial charge on any atom is 0.295 e. The van der Waals surface area contributed by atoms with Crippen molar-refractivity contribution in [2.75, 3.05) is 38.8 Å². The number of hydrogen-bond acceptors (Lipinski definition) is 5. The Morgan fingerprint density at radius 1 is 1.24 bits per heavy atom. The minimum Gasteiger partial charge on any atom is -0.424 e. The lowest BCUT2D eigenvalue weighted by molar-refractivity contribution is 0.0758. The van der Waals surface area contributed by atoms with Gasteiger partial charge in [0.25, 0.3) is 6.01 Å². The van der Waals surface area contributed by atoms with Crippen molar-refractivity contribution in [3.8, 4) is 0 Å². The molecule has 17 heavy (non-hydrogen) atoms. The summed E-state index contributed by atoms with van der Waals surface area (Å²) in [5.41, 5.74) is 1.64. The lowest BCUT2D eigenvalue weighted by Gasteiger charge is -2.03. The van der Waals surface area contributed by atoms with Gasteiger partial charge < -0.3 is 19.2 Å². The molecule has 1 aromatic heterocycles. The average molecular weight is 236 g/mol. The Morgan fingerprint density at radius 3 is 2.94 bits per heavy atom. The van der Waals surface area contributed by atoms with Crippen LogP contribution in [-0.2, 0) is 9.47 Å². The molecule has 2 rings (SSSR count). The molecule has 5 nitrogen and oxygen atoms in total. The standard InChI is InChI=1S/C12H16N2O3/c1-15-8-9-16-7-6-13-12-14-10-4-2-3-5-11(10)17-12/h2-5H,6-9H2,1H3,(H,13,14). The second-order valence-corrected chi connectivity index (χ2v) is 3.52. The highest BCUT2D eigenvalue weighted by Crippen LogP contribution is 2.17. The largest absolute Gasteiger partial charge is 0.424 e. The summed E-state index contributed by atoms with van der Waals surface area (Å²) in [5.74, 6) is 0. The van der Waals surface area contributed by atoms with Gasteiger partial charge in [-0.15, -0.1) is 0 Å². The molecule has 5 heteroatoms. The summed E-state index contributed by atoms with van der Waals surface area (Å²) < 4.78 is 15.7. The molecule has 0 radical (unpaired) electrons. The molecule has 0 fully saturated rings. The van der Waals surface area contributed by atoms with Gasteiger partial charge in [-0.05, 0) is 12.1 Å². The van der Waals surface area contributed by atoms with E-state index in [0.29, 0.717) is 32.4 Å². The number of para-hydroxylation sites is 2. The summed E-state index contributed by atoms with van der Waals surface area (Å²) >= 11 is 0. The van der Waals surface area contributed by atoms with Gasteiger partial charge in [0.1, 0.15) is 5.52 Å². The van der Waals surface area contributed by atoms with Gasteiger partial charge in [-0.2, -0.15) is 4.98 Å². The van der Waals surface area contributed by atoms with Crippen LogP contribution in [0.2, 0.25) is 0 Å². The first kappa shape index (κ1) is 11.9. The zero-order valence-electron chi connectivity index (χ0n) is 9.81. The van der Waals surface area contributed by atoms with Crippen molar-refractivity contribution < 1.29 is 13.9 Å². The van der Waals surface area contributed by atoms with E-state index in [-0.39, 0.29) is 0 Å². The van der Waals surface area contributed by atoms with Crippen molar-refractivity contribution in [3.63, 3.8) is 0 Å². The SMILES string of the molecule is COCCOCCNc1nc2ccccc2o1. The predicted molar refractivity (Wildman–Crippen MR) is 65.2 cm³/mol. The van der Waals surface area contributed by atoms with Crippen LogP contribution < -0.4 is 5.32 Å². The van der Waals surface area contributed by atoms with Crippen LogP contribution in [0.3, 0.4) is 0 Å². The Morgan fingerprint density at radius 2 is 2.12 bits per heavy atom. The zero-order valence-corrected chi connectivity index (χ0v) is 9.81. The number of aromatic nitrogens is 1. The molecular formula is C12H16N2O3. The van der Waals surface area contributed by atoms with Gasteiger partial charge in [-0.3, -0.25) is 0 Å². The fraction of sp³-hybridized carbons (Fsp3) is 0.417. The number of oxazole rings is 1. The molecule has 1 aromatic carbocycles. The van der Waals surface area contributed by atoms with Crippen LogP contribution in [0.15, 0.2) is 28.7 Å². The van der Waals surface area contributed by atoms with Crippen molar-refractivity contribution in [2.24, 2.45) is 0 Å². The summed E-state index contributed by atoms with van der Waals surface area (Å²) in [4.78, 5) is 4.29. The smallest absolute Gasteiger partial charge is 0.295 e. The molecule has 0 bridgehead atoms. The first-order valence-corrected chi connectivity index (χ1v) is 5.56. The van der Waals surface area contributed by atoms with E-state index in [1.165, 1.54) is 0 Å². The van der Waals surface area contributed by atoms with E-state index in [1.54, 1.807) is 7.11 Å². The topological polar surface area (TPSA) is 56.5 Å². The first-order valence-electron chi connectivity index (χ1n) is 5.56. The Kier molecular flexibility index (Phi) is 4.35. The Hall–Kier alpha value is -1.59. The van der Waals surface area contributed by atoms with Crippen molar-refractivity contribution >= 4 is 17.1 Å². The molecule has 0 aliphatic heterocycles. The average Bonchev–Trinajstić information content (AvgIpc) is 2.76. The summed E-state index contributed by atoms with van der Waals surface area (Å²) in [6, 6.07) is 8.19. The second-order valence-electron chi connectivity index (χ2n) is 3.52. The Balaban J connectivity index is 1.75. The summed E-state index contributed by atoms with van der Waals surface area (Å²) in [6.07, 6.45) is 0. The third-order valence-electron chi connectivity index (χ3n) is 2.25. The first-order chi connectivity index (χ1) is 8.40. The minimum atomic E-state index is 0.529. The number of rotatable bonds is 7. The number of benzene rings is 1. The maximum atomic E-state index is 5.49. The molecule has 1 heterocycles. The van der Waals surface area contributed by atoms with E-state index >= 15 is 0 Å². The van der Waals surface area contributed by atoms with Gasteiger partial charge >= 0.3 is 0 Å². The third kappa shape index (κ3) is 3.44. The van der Waals surface area contributed by atoms with Gasteiger partial charge in [0.05, 0.1) is 19.8 Å². The van der Waals surface area contributed by atoms with Crippen LogP contribution in [0.25, 0.3) is 11.1 Å². The third-order valence-corrected chi connectivity index (χ3v) is 2.25. The fourth-order valence-electron chi connectivity index (χ4n) is 1.42. The molecule has 0 amide bonds. The predicted octanol–water partition coefficient (Wildman–Crippen LogP) is 1.90. The number of anilines is 1. The number of fused-ring (bicyclic) bond motifs is 1. The number of hydrogen-bond donors (Lipinski definition) is 1. The van der Waals surface area contributed by atoms with Crippen LogP contribution in [0.5, 0.6) is 0 Å². The van der Waals surface area contributed by atoms with Crippen LogP contribution in [0, 0.1) is 0 Å². The Bertz CT molecular complexity index is 423. The van der Waals surface area contributed by atoms with Gasteiger partial charge in [-0.1, -0.05) is 12.1 Å². The second kappa shape index (κ2) is 6.22. The molecule has 0 aliphatic carbocycles. The van der Waals surface area contributed by atoms with E-state index < -0.39 is 0 Å². The summed E-state index contributed by atoms with van der Waals surface area (Å²) in [5, 5.41) is 3.07. The number of nitrogens with one attached hydrogen (secondary N) is 1. The van der Waals surface area contributed by atoms with Gasteiger partial charge in [0.2, 0.25) is 0 Å². The molecule has 0 atom stereocenters. The van der Waals surface area contributed by atoms with Crippen LogP contribution >= 0.6 is 0 Å². The maximum absolute atomic E-state index is 5.49. The van der Waals surface area contributed by atoms with E-state index in [0.717, 1.165) is 11.1 Å². The highest BCUT2D eigenvalue weighted by Gasteiger charge is 2.02. The quantitative estimate of drug-likeness (QED) is 0.744. The lowest BCUT2D eigenvalue weighted by atomic mass is 10.3. The lowest BCUT2D eigenvalue weighted by Crippen LogP contribution is -2.11. The molecule has 2 aromatic rings. The summed E-state index contributed by atoms with van der Waals surface area (Å²) in [6.45, 7) is 2.48. The number of ether oxygens (including phenoxy) is 2. The van der Waals surface area contributed by atoms with Crippen molar-refractivity contribution in [1.82, 2.24) is 4.98 Å². The van der Waals surface area contributed by atoms with Crippen LogP contribution in [0.1, 0.15) is 0 Å². The molecule has 0 saturated heterocycles.